The van der Waals surface area contributed by atoms with Gasteiger partial charge in [0.1, 0.15) is 12.4 Å². The number of ether oxygens (including phenoxy) is 1. The van der Waals surface area contributed by atoms with Crippen LogP contribution in [0.2, 0.25) is 0 Å². The van der Waals surface area contributed by atoms with Crippen LogP contribution in [0.3, 0.4) is 0 Å². The number of aryl methyl sites for hydroxylation is 1. The lowest BCUT2D eigenvalue weighted by molar-refractivity contribution is -0.140. The average Bonchev–Trinajstić information content (AvgIpc) is 2.35. The van der Waals surface area contributed by atoms with Crippen molar-refractivity contribution in [1.29, 1.82) is 0 Å². The quantitative estimate of drug-likeness (QED) is 0.814. The van der Waals surface area contributed by atoms with Crippen molar-refractivity contribution in [2.75, 3.05) is 20.2 Å². The van der Waals surface area contributed by atoms with Crippen LogP contribution in [0.1, 0.15) is 18.4 Å². The molecule has 1 aromatic carbocycles. The summed E-state index contributed by atoms with van der Waals surface area (Å²) in [5, 5.41) is 8.50. The van der Waals surface area contributed by atoms with Gasteiger partial charge in [-0.25, -0.2) is 0 Å². The number of hydrogen-bond acceptors (Lipinski definition) is 3. The number of likely N-dealkylation sites (N-methyl/N-ethyl adjacent to an activating group) is 1. The minimum absolute atomic E-state index is 0.0241. The molecule has 0 saturated heterocycles. The number of aliphatic carboxylic acids is 1. The van der Waals surface area contributed by atoms with Gasteiger partial charge >= 0.3 is 5.97 Å². The summed E-state index contributed by atoms with van der Waals surface area (Å²) in [5.74, 6) is -0.376. The molecule has 0 radical (unpaired) electrons. The number of benzene rings is 1. The Labute approximate surface area is 112 Å². The van der Waals surface area contributed by atoms with Crippen molar-refractivity contribution in [3.8, 4) is 5.75 Å². The normalized spacial score (nSPS) is 10.0. The fourth-order valence-electron chi connectivity index (χ4n) is 1.53. The molecule has 0 heterocycles. The van der Waals surface area contributed by atoms with Crippen LogP contribution in [-0.2, 0) is 9.59 Å². The van der Waals surface area contributed by atoms with Gasteiger partial charge in [0.25, 0.3) is 0 Å². The minimum atomic E-state index is -0.960. The van der Waals surface area contributed by atoms with E-state index in [-0.39, 0.29) is 18.7 Å². The molecule has 0 aromatic heterocycles. The third-order valence-electron chi connectivity index (χ3n) is 2.66. The van der Waals surface area contributed by atoms with E-state index < -0.39 is 5.97 Å². The monoisotopic (exact) mass is 265 g/mol. The van der Waals surface area contributed by atoms with E-state index in [9.17, 15) is 9.59 Å². The maximum atomic E-state index is 11.6. The van der Waals surface area contributed by atoms with Crippen LogP contribution in [0, 0.1) is 6.92 Å². The van der Waals surface area contributed by atoms with Crippen LogP contribution >= 0.6 is 0 Å². The Hall–Kier alpha value is -2.04. The Balaban J connectivity index is 2.28. The highest BCUT2D eigenvalue weighted by atomic mass is 16.5. The SMILES string of the molecule is Cc1cccc(OCCN(C)C(=O)CCC(=O)O)c1. The van der Waals surface area contributed by atoms with E-state index >= 15 is 0 Å². The zero-order valence-corrected chi connectivity index (χ0v) is 11.3. The Bertz CT molecular complexity index is 445. The van der Waals surface area contributed by atoms with E-state index in [0.717, 1.165) is 11.3 Å². The molecule has 0 aliphatic rings. The standard InChI is InChI=1S/C14H19NO4/c1-11-4-3-5-12(10-11)19-9-8-15(2)13(16)6-7-14(17)18/h3-5,10H,6-9H2,1-2H3,(H,17,18). The molecule has 0 atom stereocenters. The van der Waals surface area contributed by atoms with Crippen molar-refractivity contribution in [1.82, 2.24) is 4.90 Å². The van der Waals surface area contributed by atoms with E-state index in [1.807, 2.05) is 31.2 Å². The summed E-state index contributed by atoms with van der Waals surface area (Å²) >= 11 is 0. The van der Waals surface area contributed by atoms with E-state index in [4.69, 9.17) is 9.84 Å². The molecule has 0 unspecified atom stereocenters. The third-order valence-corrected chi connectivity index (χ3v) is 2.66. The number of rotatable bonds is 7. The van der Waals surface area contributed by atoms with Gasteiger partial charge in [0.2, 0.25) is 5.91 Å². The van der Waals surface area contributed by atoms with Gasteiger partial charge in [-0.2, -0.15) is 0 Å². The molecule has 0 aliphatic carbocycles. The van der Waals surface area contributed by atoms with E-state index in [0.29, 0.717) is 13.2 Å². The first-order valence-electron chi connectivity index (χ1n) is 6.14. The molecule has 1 aromatic rings. The van der Waals surface area contributed by atoms with Crippen LogP contribution in [-0.4, -0.2) is 42.1 Å². The maximum absolute atomic E-state index is 11.6. The molecule has 19 heavy (non-hydrogen) atoms. The molecule has 0 saturated carbocycles. The summed E-state index contributed by atoms with van der Waals surface area (Å²) in [6.45, 7) is 2.81. The highest BCUT2D eigenvalue weighted by Gasteiger charge is 2.10. The number of amides is 1. The fraction of sp³-hybridized carbons (Fsp3) is 0.429. The van der Waals surface area contributed by atoms with Crippen molar-refractivity contribution in [2.45, 2.75) is 19.8 Å². The molecule has 5 nitrogen and oxygen atoms in total. The number of carboxylic acid groups (broad SMARTS) is 1. The molecule has 5 heteroatoms. The predicted molar refractivity (Wildman–Crippen MR) is 71.2 cm³/mol. The predicted octanol–water partition coefficient (Wildman–Crippen LogP) is 1.70. The van der Waals surface area contributed by atoms with Gasteiger partial charge in [-0.15, -0.1) is 0 Å². The Morgan fingerprint density at radius 2 is 2.05 bits per heavy atom. The largest absolute Gasteiger partial charge is 0.492 e. The number of carbonyl (C=O) groups excluding carboxylic acids is 1. The van der Waals surface area contributed by atoms with E-state index in [1.165, 1.54) is 4.90 Å². The summed E-state index contributed by atoms with van der Waals surface area (Å²) in [6.07, 6.45) is -0.113. The van der Waals surface area contributed by atoms with Crippen molar-refractivity contribution in [3.63, 3.8) is 0 Å². The molecule has 0 spiro atoms. The van der Waals surface area contributed by atoms with Crippen LogP contribution in [0.5, 0.6) is 5.75 Å². The molecule has 104 valence electrons. The van der Waals surface area contributed by atoms with E-state index in [1.54, 1.807) is 7.05 Å². The number of hydrogen-bond donors (Lipinski definition) is 1. The smallest absolute Gasteiger partial charge is 0.303 e. The van der Waals surface area contributed by atoms with Gasteiger partial charge in [-0.1, -0.05) is 12.1 Å². The van der Waals surface area contributed by atoms with Gasteiger partial charge in [0.05, 0.1) is 13.0 Å². The van der Waals surface area contributed by atoms with Crippen molar-refractivity contribution >= 4 is 11.9 Å². The summed E-state index contributed by atoms with van der Waals surface area (Å²) in [4.78, 5) is 23.4. The van der Waals surface area contributed by atoms with Gasteiger partial charge in [0.15, 0.2) is 0 Å². The summed E-state index contributed by atoms with van der Waals surface area (Å²) in [6, 6.07) is 7.67. The molecule has 0 fully saturated rings. The number of carbonyl (C=O) groups is 2. The lowest BCUT2D eigenvalue weighted by Crippen LogP contribution is -2.31. The van der Waals surface area contributed by atoms with E-state index in [2.05, 4.69) is 0 Å². The van der Waals surface area contributed by atoms with Gasteiger partial charge < -0.3 is 14.7 Å². The van der Waals surface area contributed by atoms with Gasteiger partial charge in [0, 0.05) is 13.5 Å². The Kier molecular flexibility index (Phi) is 5.85. The second-order valence-electron chi connectivity index (χ2n) is 4.37. The van der Waals surface area contributed by atoms with Crippen molar-refractivity contribution in [2.24, 2.45) is 0 Å². The Morgan fingerprint density at radius 3 is 2.68 bits per heavy atom. The van der Waals surface area contributed by atoms with Gasteiger partial charge in [-0.3, -0.25) is 9.59 Å². The van der Waals surface area contributed by atoms with Crippen LogP contribution in [0.25, 0.3) is 0 Å². The fourth-order valence-corrected chi connectivity index (χ4v) is 1.53. The Morgan fingerprint density at radius 1 is 1.32 bits per heavy atom. The second-order valence-corrected chi connectivity index (χ2v) is 4.37. The number of carboxylic acids is 1. The second kappa shape index (κ2) is 7.41. The average molecular weight is 265 g/mol. The highest BCUT2D eigenvalue weighted by Crippen LogP contribution is 2.12. The topological polar surface area (TPSA) is 66.8 Å². The molecule has 0 bridgehead atoms. The van der Waals surface area contributed by atoms with Gasteiger partial charge in [-0.05, 0) is 24.6 Å². The lowest BCUT2D eigenvalue weighted by atomic mass is 10.2. The molecule has 1 N–H and O–H groups in total. The first kappa shape index (κ1) is 15.0. The molecule has 1 rings (SSSR count). The first-order valence-corrected chi connectivity index (χ1v) is 6.14. The molecule has 1 amide bonds. The third kappa shape index (κ3) is 5.90. The molecular weight excluding hydrogens is 246 g/mol. The highest BCUT2D eigenvalue weighted by molar-refractivity contribution is 5.80. The molecule has 0 aliphatic heterocycles. The summed E-state index contributed by atoms with van der Waals surface area (Å²) in [7, 11) is 1.64. The molecular formula is C14H19NO4. The van der Waals surface area contributed by atoms with Crippen LogP contribution in [0.4, 0.5) is 0 Å². The summed E-state index contributed by atoms with van der Waals surface area (Å²) < 4.78 is 5.52. The lowest BCUT2D eigenvalue weighted by Gasteiger charge is -2.17. The maximum Gasteiger partial charge on any atom is 0.303 e. The van der Waals surface area contributed by atoms with Crippen LogP contribution < -0.4 is 4.74 Å². The van der Waals surface area contributed by atoms with Crippen LogP contribution in [0.15, 0.2) is 24.3 Å². The van der Waals surface area contributed by atoms with Crippen molar-refractivity contribution < 1.29 is 19.4 Å². The van der Waals surface area contributed by atoms with Crippen molar-refractivity contribution in [3.05, 3.63) is 29.8 Å². The number of nitrogens with zero attached hydrogens (tertiary/aromatic N) is 1. The minimum Gasteiger partial charge on any atom is -0.492 e. The zero-order valence-electron chi connectivity index (χ0n) is 11.3. The summed E-state index contributed by atoms with van der Waals surface area (Å²) in [5.41, 5.74) is 1.11. The first-order chi connectivity index (χ1) is 8.99. The zero-order chi connectivity index (χ0) is 14.3.